The summed E-state index contributed by atoms with van der Waals surface area (Å²) in [6.07, 6.45) is 2.36. The van der Waals surface area contributed by atoms with Crippen LogP contribution in [0.5, 0.6) is 0 Å². The van der Waals surface area contributed by atoms with Gasteiger partial charge in [-0.25, -0.2) is 0 Å². The number of anilines is 1. The molecule has 0 spiro atoms. The van der Waals surface area contributed by atoms with Gasteiger partial charge in [-0.15, -0.1) is 0 Å². The van der Waals surface area contributed by atoms with Crippen LogP contribution >= 0.6 is 0 Å². The molecule has 1 N–H and O–H groups in total. The van der Waals surface area contributed by atoms with Gasteiger partial charge in [0.25, 0.3) is 0 Å². The molecule has 0 amide bonds. The van der Waals surface area contributed by atoms with Gasteiger partial charge in [0.2, 0.25) is 0 Å². The van der Waals surface area contributed by atoms with Crippen molar-refractivity contribution < 1.29 is 0 Å². The molecule has 0 atom stereocenters. The molecule has 0 aromatic heterocycles. The molecule has 0 unspecified atom stereocenters. The number of benzene rings is 2. The Morgan fingerprint density at radius 2 is 1.38 bits per heavy atom. The second-order valence-electron chi connectivity index (χ2n) is 6.75. The summed E-state index contributed by atoms with van der Waals surface area (Å²) in [5.41, 5.74) is 5.53. The summed E-state index contributed by atoms with van der Waals surface area (Å²) in [5.74, 6) is 0. The normalized spacial score (nSPS) is 11.4. The van der Waals surface area contributed by atoms with Crippen molar-refractivity contribution in [3.63, 3.8) is 0 Å². The quantitative estimate of drug-likeness (QED) is 0.757. The molecule has 0 aliphatic carbocycles. The summed E-state index contributed by atoms with van der Waals surface area (Å²) in [6.45, 7) is 9.83. The lowest BCUT2D eigenvalue weighted by Gasteiger charge is -2.19. The monoisotopic (exact) mass is 281 g/mol. The molecular weight excluding hydrogens is 254 g/mol. The summed E-state index contributed by atoms with van der Waals surface area (Å²) in [7, 11) is 0. The topological polar surface area (TPSA) is 12.0 Å². The first-order chi connectivity index (χ1) is 9.99. The minimum Gasteiger partial charge on any atom is -0.381 e. The fraction of sp³-hybridized carbons (Fsp3) is 0.400. The average Bonchev–Trinajstić information content (AvgIpc) is 2.46. The lowest BCUT2D eigenvalue weighted by Crippen LogP contribution is -2.11. The average molecular weight is 281 g/mol. The van der Waals surface area contributed by atoms with E-state index in [-0.39, 0.29) is 5.41 Å². The molecule has 0 radical (unpaired) electrons. The zero-order valence-corrected chi connectivity index (χ0v) is 13.7. The van der Waals surface area contributed by atoms with E-state index in [0.29, 0.717) is 0 Å². The van der Waals surface area contributed by atoms with E-state index in [4.69, 9.17) is 0 Å². The smallest absolute Gasteiger partial charge is 0.0400 e. The lowest BCUT2D eigenvalue weighted by atomic mass is 9.87. The first-order valence-electron chi connectivity index (χ1n) is 7.91. The van der Waals surface area contributed by atoms with Gasteiger partial charge in [0.15, 0.2) is 0 Å². The van der Waals surface area contributed by atoms with Crippen molar-refractivity contribution in [3.05, 3.63) is 65.2 Å². The van der Waals surface area contributed by atoms with Crippen molar-refractivity contribution in [1.29, 1.82) is 0 Å². The molecule has 21 heavy (non-hydrogen) atoms. The Morgan fingerprint density at radius 1 is 0.810 bits per heavy atom. The molecule has 0 saturated heterocycles. The van der Waals surface area contributed by atoms with Crippen LogP contribution in [0, 0.1) is 0 Å². The lowest BCUT2D eigenvalue weighted by molar-refractivity contribution is 0.590. The van der Waals surface area contributed by atoms with Crippen molar-refractivity contribution in [2.75, 3.05) is 5.32 Å². The number of hydrogen-bond donors (Lipinski definition) is 1. The molecule has 1 heteroatoms. The standard InChI is InChI=1S/C20H27N/c1-5-6-16-9-13-19(14-10-16)21-15-17-7-11-18(12-8-17)20(2,3)4/h7-14,21H,5-6,15H2,1-4H3. The highest BCUT2D eigenvalue weighted by atomic mass is 14.9. The molecule has 1 nitrogen and oxygen atoms in total. The summed E-state index contributed by atoms with van der Waals surface area (Å²) >= 11 is 0. The van der Waals surface area contributed by atoms with E-state index in [2.05, 4.69) is 81.5 Å². The molecule has 0 bridgehead atoms. The van der Waals surface area contributed by atoms with Gasteiger partial charge in [0, 0.05) is 12.2 Å². The van der Waals surface area contributed by atoms with Crippen molar-refractivity contribution in [3.8, 4) is 0 Å². The van der Waals surface area contributed by atoms with E-state index in [1.54, 1.807) is 0 Å². The van der Waals surface area contributed by atoms with Crippen LogP contribution in [0.3, 0.4) is 0 Å². The van der Waals surface area contributed by atoms with Gasteiger partial charge in [-0.1, -0.05) is 70.5 Å². The number of hydrogen-bond acceptors (Lipinski definition) is 1. The molecule has 0 saturated carbocycles. The van der Waals surface area contributed by atoms with Gasteiger partial charge < -0.3 is 5.32 Å². The Kier molecular flexibility index (Phi) is 5.06. The minimum atomic E-state index is 0.223. The maximum Gasteiger partial charge on any atom is 0.0400 e. The SMILES string of the molecule is CCCc1ccc(NCc2ccc(C(C)(C)C)cc2)cc1. The van der Waals surface area contributed by atoms with Crippen LogP contribution in [0.1, 0.15) is 50.8 Å². The summed E-state index contributed by atoms with van der Waals surface area (Å²) in [5, 5.41) is 3.49. The van der Waals surface area contributed by atoms with Gasteiger partial charge >= 0.3 is 0 Å². The predicted octanol–water partition coefficient (Wildman–Crippen LogP) is 5.55. The molecular formula is C20H27N. The summed E-state index contributed by atoms with van der Waals surface area (Å²) in [4.78, 5) is 0. The number of aryl methyl sites for hydroxylation is 1. The third-order valence-corrected chi connectivity index (χ3v) is 3.81. The zero-order valence-electron chi connectivity index (χ0n) is 13.7. The van der Waals surface area contributed by atoms with E-state index in [9.17, 15) is 0 Å². The molecule has 0 heterocycles. The molecule has 2 rings (SSSR count). The van der Waals surface area contributed by atoms with E-state index in [1.807, 2.05) is 0 Å². The van der Waals surface area contributed by atoms with Crippen molar-refractivity contribution in [2.24, 2.45) is 0 Å². The number of nitrogens with one attached hydrogen (secondary N) is 1. The molecule has 112 valence electrons. The van der Waals surface area contributed by atoms with E-state index < -0.39 is 0 Å². The third-order valence-electron chi connectivity index (χ3n) is 3.81. The van der Waals surface area contributed by atoms with Gasteiger partial charge in [-0.2, -0.15) is 0 Å². The first-order valence-corrected chi connectivity index (χ1v) is 7.91. The maximum absolute atomic E-state index is 3.49. The van der Waals surface area contributed by atoms with Gasteiger partial charge in [-0.05, 0) is 40.7 Å². The van der Waals surface area contributed by atoms with Crippen LogP contribution in [0.15, 0.2) is 48.5 Å². The summed E-state index contributed by atoms with van der Waals surface area (Å²) in [6, 6.07) is 17.7. The molecule has 2 aromatic carbocycles. The van der Waals surface area contributed by atoms with E-state index in [0.717, 1.165) is 13.0 Å². The third kappa shape index (κ3) is 4.63. The van der Waals surface area contributed by atoms with Crippen LogP contribution in [0.25, 0.3) is 0 Å². The molecule has 0 aliphatic rings. The van der Waals surface area contributed by atoms with Crippen LogP contribution in [-0.2, 0) is 18.4 Å². The van der Waals surface area contributed by atoms with Crippen molar-refractivity contribution in [1.82, 2.24) is 0 Å². The Labute approximate surface area is 129 Å². The van der Waals surface area contributed by atoms with Gasteiger partial charge in [0.05, 0.1) is 0 Å². The molecule has 2 aromatic rings. The number of rotatable bonds is 5. The van der Waals surface area contributed by atoms with Crippen LogP contribution in [-0.4, -0.2) is 0 Å². The highest BCUT2D eigenvalue weighted by Crippen LogP contribution is 2.22. The Balaban J connectivity index is 1.93. The Hall–Kier alpha value is -1.76. The van der Waals surface area contributed by atoms with E-state index >= 15 is 0 Å². The largest absolute Gasteiger partial charge is 0.381 e. The van der Waals surface area contributed by atoms with E-state index in [1.165, 1.54) is 28.8 Å². The second-order valence-corrected chi connectivity index (χ2v) is 6.75. The van der Waals surface area contributed by atoms with Crippen LogP contribution in [0.2, 0.25) is 0 Å². The first kappa shape index (κ1) is 15.6. The minimum absolute atomic E-state index is 0.223. The van der Waals surface area contributed by atoms with Gasteiger partial charge in [-0.3, -0.25) is 0 Å². The fourth-order valence-corrected chi connectivity index (χ4v) is 2.40. The zero-order chi connectivity index (χ0) is 15.3. The van der Waals surface area contributed by atoms with Crippen molar-refractivity contribution >= 4 is 5.69 Å². The highest BCUT2D eigenvalue weighted by molar-refractivity contribution is 5.45. The van der Waals surface area contributed by atoms with Crippen molar-refractivity contribution in [2.45, 2.75) is 52.5 Å². The highest BCUT2D eigenvalue weighted by Gasteiger charge is 2.12. The fourth-order valence-electron chi connectivity index (χ4n) is 2.40. The van der Waals surface area contributed by atoms with Gasteiger partial charge in [0.1, 0.15) is 0 Å². The Morgan fingerprint density at radius 3 is 1.90 bits per heavy atom. The Bertz CT molecular complexity index is 544. The predicted molar refractivity (Wildman–Crippen MR) is 92.9 cm³/mol. The molecule has 0 aliphatic heterocycles. The second kappa shape index (κ2) is 6.80. The summed E-state index contributed by atoms with van der Waals surface area (Å²) < 4.78 is 0. The maximum atomic E-state index is 3.49. The van der Waals surface area contributed by atoms with Crippen LogP contribution < -0.4 is 5.32 Å². The molecule has 0 fully saturated rings. The van der Waals surface area contributed by atoms with Crippen LogP contribution in [0.4, 0.5) is 5.69 Å².